The Morgan fingerprint density at radius 3 is 2.59 bits per heavy atom. The van der Waals surface area contributed by atoms with Crippen molar-refractivity contribution in [2.24, 2.45) is 0 Å². The second-order valence-electron chi connectivity index (χ2n) is 6.08. The molecule has 1 aromatic carbocycles. The van der Waals surface area contributed by atoms with E-state index in [1.807, 2.05) is 0 Å². The SMILES string of the molecule is COCCCNC(=O)c1csc(CN(CCOC)C(=O)Nc2ccc(Cl)cc2)n1. The third-order valence-electron chi connectivity index (χ3n) is 3.87. The fourth-order valence-corrected chi connectivity index (χ4v) is 3.26. The van der Waals surface area contributed by atoms with Gasteiger partial charge in [0.1, 0.15) is 10.7 Å². The largest absolute Gasteiger partial charge is 0.385 e. The highest BCUT2D eigenvalue weighted by Crippen LogP contribution is 2.16. The third-order valence-corrected chi connectivity index (χ3v) is 4.95. The smallest absolute Gasteiger partial charge is 0.322 e. The highest BCUT2D eigenvalue weighted by molar-refractivity contribution is 7.09. The quantitative estimate of drug-likeness (QED) is 0.523. The number of hydrogen-bond donors (Lipinski definition) is 2. The molecule has 0 aliphatic heterocycles. The van der Waals surface area contributed by atoms with E-state index in [0.29, 0.717) is 47.7 Å². The monoisotopic (exact) mass is 440 g/mol. The maximum Gasteiger partial charge on any atom is 0.322 e. The van der Waals surface area contributed by atoms with Crippen LogP contribution in [0.2, 0.25) is 5.02 Å². The van der Waals surface area contributed by atoms with Gasteiger partial charge < -0.3 is 25.0 Å². The van der Waals surface area contributed by atoms with E-state index < -0.39 is 0 Å². The Morgan fingerprint density at radius 1 is 1.17 bits per heavy atom. The zero-order chi connectivity index (χ0) is 21.1. The molecule has 1 heterocycles. The number of aromatic nitrogens is 1. The molecule has 0 bridgehead atoms. The van der Waals surface area contributed by atoms with Crippen LogP contribution in [0.25, 0.3) is 0 Å². The van der Waals surface area contributed by atoms with Gasteiger partial charge in [0.05, 0.1) is 13.2 Å². The first-order chi connectivity index (χ1) is 14.0. The van der Waals surface area contributed by atoms with Crippen molar-refractivity contribution in [3.63, 3.8) is 0 Å². The minimum atomic E-state index is -0.287. The summed E-state index contributed by atoms with van der Waals surface area (Å²) in [5.74, 6) is -0.238. The first-order valence-electron chi connectivity index (χ1n) is 9.05. The molecule has 2 aromatic rings. The molecule has 0 aliphatic rings. The van der Waals surface area contributed by atoms with Crippen LogP contribution in [-0.2, 0) is 16.0 Å². The van der Waals surface area contributed by atoms with Crippen LogP contribution in [0.3, 0.4) is 0 Å². The number of ether oxygens (including phenoxy) is 2. The molecule has 0 unspecified atom stereocenters. The lowest BCUT2D eigenvalue weighted by atomic mass is 10.3. The van der Waals surface area contributed by atoms with Gasteiger partial charge in [-0.2, -0.15) is 0 Å². The topological polar surface area (TPSA) is 92.8 Å². The van der Waals surface area contributed by atoms with Crippen molar-refractivity contribution in [3.05, 3.63) is 45.4 Å². The molecule has 0 fully saturated rings. The van der Waals surface area contributed by atoms with Gasteiger partial charge in [-0.15, -0.1) is 11.3 Å². The summed E-state index contributed by atoms with van der Waals surface area (Å²) in [4.78, 5) is 30.7. The van der Waals surface area contributed by atoms with Gasteiger partial charge in [0.2, 0.25) is 0 Å². The molecule has 158 valence electrons. The van der Waals surface area contributed by atoms with Gasteiger partial charge >= 0.3 is 6.03 Å². The number of anilines is 1. The molecule has 0 aliphatic carbocycles. The number of amides is 3. The number of rotatable bonds is 11. The van der Waals surface area contributed by atoms with Gasteiger partial charge in [0.15, 0.2) is 0 Å². The van der Waals surface area contributed by atoms with Crippen molar-refractivity contribution in [2.75, 3.05) is 45.8 Å². The Balaban J connectivity index is 1.96. The number of nitrogens with one attached hydrogen (secondary N) is 2. The van der Waals surface area contributed by atoms with Crippen LogP contribution < -0.4 is 10.6 Å². The number of methoxy groups -OCH3 is 2. The summed E-state index contributed by atoms with van der Waals surface area (Å²) in [6, 6.07) is 6.57. The molecule has 0 atom stereocenters. The molecular weight excluding hydrogens is 416 g/mol. The number of halogens is 1. The summed E-state index contributed by atoms with van der Waals surface area (Å²) < 4.78 is 10.1. The number of carbonyl (C=O) groups is 2. The van der Waals surface area contributed by atoms with E-state index in [1.165, 1.54) is 11.3 Å². The molecular formula is C19H25ClN4O4S. The number of benzene rings is 1. The van der Waals surface area contributed by atoms with Gasteiger partial charge in [-0.3, -0.25) is 4.79 Å². The molecule has 0 radical (unpaired) electrons. The first-order valence-corrected chi connectivity index (χ1v) is 10.3. The lowest BCUT2D eigenvalue weighted by Gasteiger charge is -2.21. The number of urea groups is 1. The van der Waals surface area contributed by atoms with E-state index in [-0.39, 0.29) is 18.5 Å². The van der Waals surface area contributed by atoms with Crippen LogP contribution >= 0.6 is 22.9 Å². The fraction of sp³-hybridized carbons (Fsp3) is 0.421. The first kappa shape index (κ1) is 23.1. The molecule has 0 saturated heterocycles. The Hall–Kier alpha value is -2.20. The van der Waals surface area contributed by atoms with E-state index >= 15 is 0 Å². The molecule has 29 heavy (non-hydrogen) atoms. The highest BCUT2D eigenvalue weighted by atomic mass is 35.5. The molecule has 10 heteroatoms. The van der Waals surface area contributed by atoms with Crippen LogP contribution in [0, 0.1) is 0 Å². The summed E-state index contributed by atoms with van der Waals surface area (Å²) in [7, 11) is 3.19. The van der Waals surface area contributed by atoms with E-state index in [2.05, 4.69) is 15.6 Å². The summed E-state index contributed by atoms with van der Waals surface area (Å²) in [5, 5.41) is 8.56. The highest BCUT2D eigenvalue weighted by Gasteiger charge is 2.17. The maximum atomic E-state index is 12.7. The number of carbonyl (C=O) groups excluding carboxylic acids is 2. The van der Waals surface area contributed by atoms with Crippen molar-refractivity contribution < 1.29 is 19.1 Å². The average molecular weight is 441 g/mol. The van der Waals surface area contributed by atoms with Gasteiger partial charge in [-0.25, -0.2) is 9.78 Å². The summed E-state index contributed by atoms with van der Waals surface area (Å²) in [5.41, 5.74) is 0.976. The standard InChI is InChI=1S/C19H25ClN4O4S/c1-27-10-3-8-21-18(25)16-13-29-17(23-16)12-24(9-11-28-2)19(26)22-15-6-4-14(20)5-7-15/h4-7,13H,3,8-12H2,1-2H3,(H,21,25)(H,22,26). The van der Waals surface area contributed by atoms with Gasteiger partial charge in [0, 0.05) is 50.0 Å². The third kappa shape index (κ3) is 7.98. The minimum absolute atomic E-state index is 0.238. The normalized spacial score (nSPS) is 10.6. The molecule has 2 N–H and O–H groups in total. The fourth-order valence-electron chi connectivity index (χ4n) is 2.35. The van der Waals surface area contributed by atoms with Crippen molar-refractivity contribution in [2.45, 2.75) is 13.0 Å². The minimum Gasteiger partial charge on any atom is -0.385 e. The Morgan fingerprint density at radius 2 is 1.90 bits per heavy atom. The number of nitrogens with zero attached hydrogens (tertiary/aromatic N) is 2. The lowest BCUT2D eigenvalue weighted by Crippen LogP contribution is -2.36. The van der Waals surface area contributed by atoms with Crippen LogP contribution in [0.15, 0.2) is 29.6 Å². The summed E-state index contributed by atoms with van der Waals surface area (Å²) in [6.45, 7) is 2.13. The Bertz CT molecular complexity index is 785. The second kappa shape index (κ2) is 12.4. The lowest BCUT2D eigenvalue weighted by molar-refractivity contribution is 0.0944. The van der Waals surface area contributed by atoms with Crippen LogP contribution in [-0.4, -0.2) is 62.3 Å². The second-order valence-corrected chi connectivity index (χ2v) is 7.46. The summed E-state index contributed by atoms with van der Waals surface area (Å²) >= 11 is 7.21. The predicted molar refractivity (Wildman–Crippen MR) is 114 cm³/mol. The van der Waals surface area contributed by atoms with E-state index in [0.717, 1.165) is 6.42 Å². The van der Waals surface area contributed by atoms with E-state index in [9.17, 15) is 9.59 Å². The van der Waals surface area contributed by atoms with Gasteiger partial charge in [0.25, 0.3) is 5.91 Å². The van der Waals surface area contributed by atoms with Crippen molar-refractivity contribution >= 4 is 40.6 Å². The molecule has 8 nitrogen and oxygen atoms in total. The maximum absolute atomic E-state index is 12.7. The predicted octanol–water partition coefficient (Wildman–Crippen LogP) is 3.24. The molecule has 1 aromatic heterocycles. The van der Waals surface area contributed by atoms with Crippen LogP contribution in [0.5, 0.6) is 0 Å². The molecule has 2 rings (SSSR count). The van der Waals surface area contributed by atoms with Crippen LogP contribution in [0.4, 0.5) is 10.5 Å². The Kier molecular flexibility index (Phi) is 9.85. The molecule has 0 saturated carbocycles. The van der Waals surface area contributed by atoms with E-state index in [1.54, 1.807) is 48.8 Å². The van der Waals surface area contributed by atoms with Gasteiger partial charge in [-0.1, -0.05) is 11.6 Å². The average Bonchev–Trinajstić information content (AvgIpc) is 3.18. The van der Waals surface area contributed by atoms with Crippen LogP contribution in [0.1, 0.15) is 21.9 Å². The summed E-state index contributed by atoms with van der Waals surface area (Å²) in [6.07, 6.45) is 0.731. The molecule has 3 amide bonds. The van der Waals surface area contributed by atoms with E-state index in [4.69, 9.17) is 21.1 Å². The molecule has 0 spiro atoms. The van der Waals surface area contributed by atoms with Gasteiger partial charge in [-0.05, 0) is 30.7 Å². The zero-order valence-electron chi connectivity index (χ0n) is 16.4. The van der Waals surface area contributed by atoms with Crippen molar-refractivity contribution in [1.82, 2.24) is 15.2 Å². The number of thiazole rings is 1. The van der Waals surface area contributed by atoms with Crippen molar-refractivity contribution in [3.8, 4) is 0 Å². The van der Waals surface area contributed by atoms with Crippen molar-refractivity contribution in [1.29, 1.82) is 0 Å². The number of hydrogen-bond acceptors (Lipinski definition) is 6. The Labute approximate surface area is 179 Å². The zero-order valence-corrected chi connectivity index (χ0v) is 18.0.